The maximum absolute atomic E-state index is 9.64. The second kappa shape index (κ2) is 3.51. The van der Waals surface area contributed by atoms with Crippen molar-refractivity contribution in [2.45, 2.75) is 32.4 Å². The monoisotopic (exact) mass is 201 g/mol. The number of rotatable bonds is 3. The molecule has 0 saturated carbocycles. The molecule has 0 saturated heterocycles. The van der Waals surface area contributed by atoms with E-state index < -0.39 is 5.60 Å². The first kappa shape index (κ1) is 10.3. The van der Waals surface area contributed by atoms with Gasteiger partial charge >= 0.3 is 0 Å². The summed E-state index contributed by atoms with van der Waals surface area (Å²) in [5, 5.41) is 13.7. The van der Waals surface area contributed by atoms with Crippen LogP contribution in [0.15, 0.2) is 6.07 Å². The molecule has 0 aliphatic heterocycles. The summed E-state index contributed by atoms with van der Waals surface area (Å²) in [6, 6.07) is 1.72. The van der Waals surface area contributed by atoms with Gasteiger partial charge in [0.15, 0.2) is 0 Å². The summed E-state index contributed by atoms with van der Waals surface area (Å²) in [7, 11) is 0. The van der Waals surface area contributed by atoms with Gasteiger partial charge in [-0.2, -0.15) is 4.37 Å². The van der Waals surface area contributed by atoms with E-state index in [-0.39, 0.29) is 6.04 Å². The van der Waals surface area contributed by atoms with Gasteiger partial charge in [-0.25, -0.2) is 0 Å². The van der Waals surface area contributed by atoms with Crippen LogP contribution < -0.4 is 11.1 Å². The number of hydrogen-bond donors (Lipinski definition) is 3. The van der Waals surface area contributed by atoms with Crippen LogP contribution >= 0.6 is 11.5 Å². The standard InChI is InChI=1S/C8H15N3OS/c1-5(8(2,3)12)10-7-4-6(9)11-13-7/h4-5,10,12H,1-3H3,(H2,9,11). The molecule has 0 aliphatic carbocycles. The van der Waals surface area contributed by atoms with E-state index in [9.17, 15) is 5.11 Å². The third-order valence-corrected chi connectivity index (χ3v) is 2.68. The molecular weight excluding hydrogens is 186 g/mol. The smallest absolute Gasteiger partial charge is 0.139 e. The molecule has 0 fully saturated rings. The Kier molecular flexibility index (Phi) is 2.77. The fraction of sp³-hybridized carbons (Fsp3) is 0.625. The van der Waals surface area contributed by atoms with Crippen LogP contribution in [0.2, 0.25) is 0 Å². The van der Waals surface area contributed by atoms with Gasteiger partial charge in [-0.15, -0.1) is 0 Å². The van der Waals surface area contributed by atoms with E-state index in [2.05, 4.69) is 9.69 Å². The summed E-state index contributed by atoms with van der Waals surface area (Å²) in [5.41, 5.74) is 4.71. The molecule has 1 unspecified atom stereocenters. The van der Waals surface area contributed by atoms with Crippen LogP contribution in [0.4, 0.5) is 10.8 Å². The first-order chi connectivity index (χ1) is 5.89. The molecule has 1 rings (SSSR count). The van der Waals surface area contributed by atoms with E-state index in [0.717, 1.165) is 5.00 Å². The molecule has 0 aromatic carbocycles. The molecule has 5 heteroatoms. The Labute approximate surface area is 81.9 Å². The summed E-state index contributed by atoms with van der Waals surface area (Å²) >= 11 is 1.30. The molecule has 0 spiro atoms. The Morgan fingerprint density at radius 2 is 2.31 bits per heavy atom. The first-order valence-electron chi connectivity index (χ1n) is 4.10. The maximum Gasteiger partial charge on any atom is 0.139 e. The highest BCUT2D eigenvalue weighted by atomic mass is 32.1. The largest absolute Gasteiger partial charge is 0.388 e. The van der Waals surface area contributed by atoms with Gasteiger partial charge in [-0.3, -0.25) is 0 Å². The molecule has 0 radical (unpaired) electrons. The third kappa shape index (κ3) is 2.86. The van der Waals surface area contributed by atoms with Crippen molar-refractivity contribution >= 4 is 22.4 Å². The lowest BCUT2D eigenvalue weighted by Crippen LogP contribution is -2.39. The Morgan fingerprint density at radius 3 is 2.69 bits per heavy atom. The predicted octanol–water partition coefficient (Wildman–Crippen LogP) is 1.30. The topological polar surface area (TPSA) is 71.2 Å². The minimum absolute atomic E-state index is 0.0349. The number of aliphatic hydroxyl groups is 1. The molecule has 0 amide bonds. The quantitative estimate of drug-likeness (QED) is 0.689. The molecule has 4 nitrogen and oxygen atoms in total. The number of anilines is 2. The Morgan fingerprint density at radius 1 is 1.69 bits per heavy atom. The van der Waals surface area contributed by atoms with E-state index in [1.54, 1.807) is 19.9 Å². The van der Waals surface area contributed by atoms with Crippen LogP contribution in [-0.4, -0.2) is 21.1 Å². The molecule has 1 aromatic heterocycles. The van der Waals surface area contributed by atoms with Crippen molar-refractivity contribution in [3.05, 3.63) is 6.07 Å². The maximum atomic E-state index is 9.64. The van der Waals surface area contributed by atoms with Crippen LogP contribution in [0.1, 0.15) is 20.8 Å². The fourth-order valence-corrected chi connectivity index (χ4v) is 1.41. The van der Waals surface area contributed by atoms with Crippen molar-refractivity contribution in [1.82, 2.24) is 4.37 Å². The van der Waals surface area contributed by atoms with Gasteiger partial charge in [-0.05, 0) is 32.3 Å². The lowest BCUT2D eigenvalue weighted by Gasteiger charge is -2.26. The number of nitrogens with two attached hydrogens (primary N) is 1. The molecule has 1 aromatic rings. The van der Waals surface area contributed by atoms with Crippen LogP contribution in [-0.2, 0) is 0 Å². The molecule has 1 atom stereocenters. The summed E-state index contributed by atoms with van der Waals surface area (Å²) in [6.45, 7) is 5.43. The minimum Gasteiger partial charge on any atom is -0.388 e. The average Bonchev–Trinajstić information content (AvgIpc) is 2.33. The molecule has 1 heterocycles. The van der Waals surface area contributed by atoms with E-state index in [1.165, 1.54) is 11.5 Å². The second-order valence-corrected chi connectivity index (χ2v) is 4.44. The van der Waals surface area contributed by atoms with Crippen molar-refractivity contribution in [1.29, 1.82) is 0 Å². The second-order valence-electron chi connectivity index (χ2n) is 3.64. The van der Waals surface area contributed by atoms with E-state index in [0.29, 0.717) is 5.82 Å². The van der Waals surface area contributed by atoms with Crippen LogP contribution in [0.5, 0.6) is 0 Å². The summed E-state index contributed by atoms with van der Waals surface area (Å²) in [6.07, 6.45) is 0. The van der Waals surface area contributed by atoms with Gasteiger partial charge in [-0.1, -0.05) is 0 Å². The minimum atomic E-state index is -0.751. The van der Waals surface area contributed by atoms with Crippen molar-refractivity contribution in [3.63, 3.8) is 0 Å². The number of aromatic nitrogens is 1. The normalized spacial score (nSPS) is 14.2. The molecular formula is C8H15N3OS. The summed E-state index contributed by atoms with van der Waals surface area (Å²) < 4.78 is 3.93. The van der Waals surface area contributed by atoms with Gasteiger partial charge in [0.05, 0.1) is 11.6 Å². The van der Waals surface area contributed by atoms with Crippen molar-refractivity contribution in [2.75, 3.05) is 11.1 Å². The molecule has 0 bridgehead atoms. The highest BCUT2D eigenvalue weighted by Crippen LogP contribution is 2.21. The Balaban J connectivity index is 2.60. The van der Waals surface area contributed by atoms with Gasteiger partial charge in [0.25, 0.3) is 0 Å². The highest BCUT2D eigenvalue weighted by Gasteiger charge is 2.22. The van der Waals surface area contributed by atoms with Gasteiger partial charge in [0.1, 0.15) is 10.8 Å². The van der Waals surface area contributed by atoms with Crippen molar-refractivity contribution < 1.29 is 5.11 Å². The zero-order valence-corrected chi connectivity index (χ0v) is 8.85. The fourth-order valence-electron chi connectivity index (χ4n) is 0.747. The Bertz CT molecular complexity index is 279. The van der Waals surface area contributed by atoms with Crippen LogP contribution in [0.3, 0.4) is 0 Å². The van der Waals surface area contributed by atoms with Gasteiger partial charge < -0.3 is 16.2 Å². The molecule has 74 valence electrons. The van der Waals surface area contributed by atoms with Gasteiger partial charge in [0, 0.05) is 6.07 Å². The van der Waals surface area contributed by atoms with Crippen molar-refractivity contribution in [3.8, 4) is 0 Å². The third-order valence-electron chi connectivity index (χ3n) is 1.95. The average molecular weight is 201 g/mol. The molecule has 13 heavy (non-hydrogen) atoms. The summed E-state index contributed by atoms with van der Waals surface area (Å²) in [4.78, 5) is 0. The SMILES string of the molecule is CC(Nc1cc(N)ns1)C(C)(C)O. The molecule has 4 N–H and O–H groups in total. The summed E-state index contributed by atoms with van der Waals surface area (Å²) in [5.74, 6) is 0.510. The zero-order chi connectivity index (χ0) is 10.1. The van der Waals surface area contributed by atoms with Crippen LogP contribution in [0.25, 0.3) is 0 Å². The van der Waals surface area contributed by atoms with Gasteiger partial charge in [0.2, 0.25) is 0 Å². The van der Waals surface area contributed by atoms with Crippen molar-refractivity contribution in [2.24, 2.45) is 0 Å². The Hall–Kier alpha value is -0.810. The predicted molar refractivity (Wildman–Crippen MR) is 55.9 cm³/mol. The lowest BCUT2D eigenvalue weighted by atomic mass is 10.0. The van der Waals surface area contributed by atoms with E-state index >= 15 is 0 Å². The molecule has 0 aliphatic rings. The van der Waals surface area contributed by atoms with Crippen LogP contribution in [0, 0.1) is 0 Å². The highest BCUT2D eigenvalue weighted by molar-refractivity contribution is 7.10. The van der Waals surface area contributed by atoms with E-state index in [4.69, 9.17) is 5.73 Å². The van der Waals surface area contributed by atoms with E-state index in [1.807, 2.05) is 6.92 Å². The lowest BCUT2D eigenvalue weighted by molar-refractivity contribution is 0.0650. The first-order valence-corrected chi connectivity index (χ1v) is 4.88. The number of hydrogen-bond acceptors (Lipinski definition) is 5. The number of nitrogens with zero attached hydrogens (tertiary/aromatic N) is 1. The number of nitrogens with one attached hydrogen (secondary N) is 1. The number of nitrogen functional groups attached to an aromatic ring is 1. The zero-order valence-electron chi connectivity index (χ0n) is 8.03.